The highest BCUT2D eigenvalue weighted by Crippen LogP contribution is 1.90. The molecule has 0 saturated heterocycles. The molecule has 0 aliphatic carbocycles. The van der Waals surface area contributed by atoms with E-state index in [-0.39, 0.29) is 6.73 Å². The van der Waals surface area contributed by atoms with Crippen LogP contribution in [0, 0.1) is 6.92 Å². The summed E-state index contributed by atoms with van der Waals surface area (Å²) in [6.07, 6.45) is 3.26. The highest BCUT2D eigenvalue weighted by Gasteiger charge is 1.89. The molecule has 0 aliphatic rings. The maximum atomic E-state index is 8.49. The first-order valence-corrected chi connectivity index (χ1v) is 2.28. The van der Waals surface area contributed by atoms with Gasteiger partial charge >= 0.3 is 0 Å². The molecule has 0 amide bonds. The van der Waals surface area contributed by atoms with Gasteiger partial charge in [0, 0.05) is 19.3 Å². The van der Waals surface area contributed by atoms with E-state index in [0.717, 1.165) is 0 Å². The van der Waals surface area contributed by atoms with Gasteiger partial charge in [-0.05, 0) is 0 Å². The van der Waals surface area contributed by atoms with Crippen molar-refractivity contribution >= 4 is 0 Å². The first kappa shape index (κ1) is 5.31. The number of rotatable bonds is 1. The highest BCUT2D eigenvalue weighted by molar-refractivity contribution is 4.93. The predicted octanol–water partition coefficient (Wildman–Crippen LogP) is 0.0151. The van der Waals surface area contributed by atoms with E-state index in [0.29, 0.717) is 5.82 Å². The van der Waals surface area contributed by atoms with Gasteiger partial charge in [-0.1, -0.05) is 0 Å². The van der Waals surface area contributed by atoms with Gasteiger partial charge in [0.15, 0.2) is 0 Å². The molecular weight excluding hydrogens is 104 g/mol. The highest BCUT2D eigenvalue weighted by atomic mass is 16.3. The van der Waals surface area contributed by atoms with Gasteiger partial charge in [0.05, 0.1) is 0 Å². The standard InChI is InChI=1S/C5H7N2O/c1-5-6-2-3-7(5)4-8/h2-3,8H,1,4H2. The van der Waals surface area contributed by atoms with Crippen LogP contribution in [0.25, 0.3) is 0 Å². The summed E-state index contributed by atoms with van der Waals surface area (Å²) in [6.45, 7) is 3.50. The van der Waals surface area contributed by atoms with Gasteiger partial charge < -0.3 is 9.67 Å². The minimum absolute atomic E-state index is 0.0428. The summed E-state index contributed by atoms with van der Waals surface area (Å²) in [5.74, 6) is 0.590. The van der Waals surface area contributed by atoms with Gasteiger partial charge in [-0.15, -0.1) is 0 Å². The van der Waals surface area contributed by atoms with Crippen LogP contribution >= 0.6 is 0 Å². The van der Waals surface area contributed by atoms with Crippen molar-refractivity contribution in [3.05, 3.63) is 25.1 Å². The van der Waals surface area contributed by atoms with Crippen molar-refractivity contribution in [1.82, 2.24) is 9.55 Å². The molecule has 43 valence electrons. The van der Waals surface area contributed by atoms with Gasteiger partial charge in [0.1, 0.15) is 12.6 Å². The topological polar surface area (TPSA) is 38.0 Å². The average molecular weight is 111 g/mol. The molecule has 1 N–H and O–H groups in total. The van der Waals surface area contributed by atoms with E-state index in [2.05, 4.69) is 11.9 Å². The molecule has 0 saturated carbocycles. The fraction of sp³-hybridized carbons (Fsp3) is 0.200. The van der Waals surface area contributed by atoms with Crippen LogP contribution in [0.3, 0.4) is 0 Å². The third kappa shape index (κ3) is 0.721. The van der Waals surface area contributed by atoms with Crippen molar-refractivity contribution in [2.75, 3.05) is 0 Å². The van der Waals surface area contributed by atoms with E-state index in [9.17, 15) is 0 Å². The van der Waals surface area contributed by atoms with Gasteiger partial charge in [-0.2, -0.15) is 0 Å². The molecule has 0 atom stereocenters. The quantitative estimate of drug-likeness (QED) is 0.554. The van der Waals surface area contributed by atoms with Crippen molar-refractivity contribution in [3.8, 4) is 0 Å². The number of hydrogen-bond donors (Lipinski definition) is 1. The minimum Gasteiger partial charge on any atom is -0.376 e. The Labute approximate surface area is 47.6 Å². The first-order valence-electron chi connectivity index (χ1n) is 2.28. The zero-order chi connectivity index (χ0) is 5.98. The predicted molar refractivity (Wildman–Crippen MR) is 28.9 cm³/mol. The summed E-state index contributed by atoms with van der Waals surface area (Å²) in [7, 11) is 0. The lowest BCUT2D eigenvalue weighted by Crippen LogP contribution is -1.96. The third-order valence-corrected chi connectivity index (χ3v) is 0.954. The fourth-order valence-electron chi connectivity index (χ4n) is 0.489. The molecule has 1 rings (SSSR count). The molecular formula is C5H7N2O. The lowest BCUT2D eigenvalue weighted by molar-refractivity contribution is 0.209. The Balaban J connectivity index is 2.92. The SMILES string of the molecule is [CH2]c1nccn1CO. The molecule has 1 aromatic heterocycles. The normalized spacial score (nSPS) is 9.75. The lowest BCUT2D eigenvalue weighted by Gasteiger charge is -1.94. The molecule has 0 spiro atoms. The van der Waals surface area contributed by atoms with Crippen LogP contribution in [-0.4, -0.2) is 14.7 Å². The number of imidazole rings is 1. The molecule has 8 heavy (non-hydrogen) atoms. The zero-order valence-electron chi connectivity index (χ0n) is 4.41. The number of aliphatic hydroxyl groups is 1. The molecule has 3 nitrogen and oxygen atoms in total. The van der Waals surface area contributed by atoms with Crippen LogP contribution in [0.15, 0.2) is 12.4 Å². The largest absolute Gasteiger partial charge is 0.376 e. The van der Waals surface area contributed by atoms with E-state index in [1.165, 1.54) is 0 Å². The fourth-order valence-corrected chi connectivity index (χ4v) is 0.489. The number of nitrogens with zero attached hydrogens (tertiary/aromatic N) is 2. The minimum atomic E-state index is -0.0428. The van der Waals surface area contributed by atoms with E-state index in [1.807, 2.05) is 0 Å². The number of aliphatic hydroxyl groups excluding tert-OH is 1. The van der Waals surface area contributed by atoms with Crippen molar-refractivity contribution in [2.24, 2.45) is 0 Å². The zero-order valence-corrected chi connectivity index (χ0v) is 4.41. The molecule has 0 unspecified atom stereocenters. The number of aromatic nitrogens is 2. The Kier molecular flexibility index (Phi) is 1.30. The van der Waals surface area contributed by atoms with Gasteiger partial charge in [-0.25, -0.2) is 4.98 Å². The van der Waals surface area contributed by atoms with Crippen molar-refractivity contribution in [2.45, 2.75) is 6.73 Å². The van der Waals surface area contributed by atoms with Crippen LogP contribution in [-0.2, 0) is 6.73 Å². The van der Waals surface area contributed by atoms with Crippen LogP contribution in [0.1, 0.15) is 5.82 Å². The number of hydrogen-bond acceptors (Lipinski definition) is 2. The summed E-state index contributed by atoms with van der Waals surface area (Å²) in [5, 5.41) is 8.49. The Morgan fingerprint density at radius 1 is 1.88 bits per heavy atom. The molecule has 1 heterocycles. The Hall–Kier alpha value is -0.830. The first-order chi connectivity index (χ1) is 3.84. The molecule has 1 radical (unpaired) electrons. The van der Waals surface area contributed by atoms with Gasteiger partial charge in [-0.3, -0.25) is 0 Å². The summed E-state index contributed by atoms with van der Waals surface area (Å²) < 4.78 is 1.54. The second-order valence-corrected chi connectivity index (χ2v) is 1.45. The van der Waals surface area contributed by atoms with E-state index in [4.69, 9.17) is 5.11 Å². The van der Waals surface area contributed by atoms with Gasteiger partial charge in [0.2, 0.25) is 0 Å². The van der Waals surface area contributed by atoms with Crippen LogP contribution < -0.4 is 0 Å². The maximum Gasteiger partial charge on any atom is 0.120 e. The van der Waals surface area contributed by atoms with Crippen molar-refractivity contribution in [1.29, 1.82) is 0 Å². The summed E-state index contributed by atoms with van der Waals surface area (Å²) in [6, 6.07) is 0. The van der Waals surface area contributed by atoms with Gasteiger partial charge in [0.25, 0.3) is 0 Å². The average Bonchev–Trinajstić information content (AvgIpc) is 2.14. The summed E-state index contributed by atoms with van der Waals surface area (Å²) in [5.41, 5.74) is 0. The van der Waals surface area contributed by atoms with Crippen LogP contribution in [0.5, 0.6) is 0 Å². The second kappa shape index (κ2) is 1.96. The van der Waals surface area contributed by atoms with E-state index < -0.39 is 0 Å². The lowest BCUT2D eigenvalue weighted by atomic mass is 10.7. The van der Waals surface area contributed by atoms with Crippen molar-refractivity contribution < 1.29 is 5.11 Å². The van der Waals surface area contributed by atoms with E-state index >= 15 is 0 Å². The Morgan fingerprint density at radius 2 is 2.62 bits per heavy atom. The Bertz CT molecular complexity index is 171. The Morgan fingerprint density at radius 3 is 2.88 bits per heavy atom. The molecule has 1 aromatic rings. The van der Waals surface area contributed by atoms with Crippen LogP contribution in [0.4, 0.5) is 0 Å². The molecule has 3 heteroatoms. The van der Waals surface area contributed by atoms with Crippen LogP contribution in [0.2, 0.25) is 0 Å². The monoisotopic (exact) mass is 111 g/mol. The van der Waals surface area contributed by atoms with E-state index in [1.54, 1.807) is 17.0 Å². The summed E-state index contributed by atoms with van der Waals surface area (Å²) >= 11 is 0. The molecule has 0 aromatic carbocycles. The van der Waals surface area contributed by atoms with Crippen molar-refractivity contribution in [3.63, 3.8) is 0 Å². The third-order valence-electron chi connectivity index (χ3n) is 0.954. The molecule has 0 fully saturated rings. The second-order valence-electron chi connectivity index (χ2n) is 1.45. The summed E-state index contributed by atoms with van der Waals surface area (Å²) in [4.78, 5) is 3.78. The molecule has 0 bridgehead atoms. The smallest absolute Gasteiger partial charge is 0.120 e. The maximum absolute atomic E-state index is 8.49. The molecule has 0 aliphatic heterocycles.